The average Bonchev–Trinajstić information content (AvgIpc) is 2.25. The van der Waals surface area contributed by atoms with Gasteiger partial charge in [-0.2, -0.15) is 0 Å². The van der Waals surface area contributed by atoms with Crippen LogP contribution < -0.4 is 9.47 Å². The highest BCUT2D eigenvalue weighted by molar-refractivity contribution is 5.61. The second-order valence-corrected chi connectivity index (χ2v) is 2.54. The molecule has 0 fully saturated rings. The Hall–Kier alpha value is -2.11. The monoisotopic (exact) mass is 210 g/mol. The molecule has 0 aromatic carbocycles. The van der Waals surface area contributed by atoms with E-state index in [1.165, 1.54) is 26.5 Å². The fraction of sp³-hybridized carbons (Fsp3) is 0.222. The minimum Gasteiger partial charge on any atom is -0.496 e. The van der Waals surface area contributed by atoms with Gasteiger partial charge in [-0.3, -0.25) is 10.1 Å². The van der Waals surface area contributed by atoms with Gasteiger partial charge in [0.25, 0.3) is 0 Å². The number of hydrogen-bond donors (Lipinski definition) is 0. The molecule has 1 aromatic rings. The van der Waals surface area contributed by atoms with Crippen molar-refractivity contribution in [1.29, 1.82) is 0 Å². The van der Waals surface area contributed by atoms with Crippen LogP contribution in [-0.4, -0.2) is 24.1 Å². The van der Waals surface area contributed by atoms with Gasteiger partial charge in [0.05, 0.1) is 24.7 Å². The van der Waals surface area contributed by atoms with Crippen molar-refractivity contribution in [2.45, 2.75) is 0 Å². The minimum absolute atomic E-state index is 0.285. The highest BCUT2D eigenvalue weighted by atomic mass is 16.6. The molecule has 0 aliphatic heterocycles. The summed E-state index contributed by atoms with van der Waals surface area (Å²) in [5.74, 6) is 0.757. The molecule has 15 heavy (non-hydrogen) atoms. The molecule has 0 aliphatic carbocycles. The zero-order chi connectivity index (χ0) is 11.3. The number of hydrogen-bond acceptors (Lipinski definition) is 5. The molecule has 1 heterocycles. The Morgan fingerprint density at radius 1 is 1.47 bits per heavy atom. The Morgan fingerprint density at radius 2 is 2.20 bits per heavy atom. The summed E-state index contributed by atoms with van der Waals surface area (Å²) >= 11 is 0. The smallest absolute Gasteiger partial charge is 0.235 e. The Labute approximate surface area is 86.3 Å². The van der Waals surface area contributed by atoms with Gasteiger partial charge in [-0.15, -0.1) is 0 Å². The maximum absolute atomic E-state index is 10.2. The summed E-state index contributed by atoms with van der Waals surface area (Å²) in [7, 11) is 2.91. The predicted octanol–water partition coefficient (Wildman–Crippen LogP) is 1.35. The van der Waals surface area contributed by atoms with Crippen LogP contribution >= 0.6 is 0 Å². The molecule has 1 aromatic heterocycles. The predicted molar refractivity (Wildman–Crippen MR) is 53.4 cm³/mol. The standard InChI is InChI=1S/C9H10N2O4/c1-14-8-3-5-10-9(15-2)7(8)4-6-11(12)13/h3-6H,1-2H3/b6-4+. The lowest BCUT2D eigenvalue weighted by atomic mass is 10.2. The first-order valence-corrected chi connectivity index (χ1v) is 4.07. The Kier molecular flexibility index (Phi) is 3.61. The van der Waals surface area contributed by atoms with Crippen LogP contribution in [0.3, 0.4) is 0 Å². The van der Waals surface area contributed by atoms with Gasteiger partial charge in [-0.25, -0.2) is 4.98 Å². The minimum atomic E-state index is -0.564. The molecule has 6 heteroatoms. The normalized spacial score (nSPS) is 10.3. The zero-order valence-corrected chi connectivity index (χ0v) is 8.34. The third-order valence-electron chi connectivity index (χ3n) is 1.69. The highest BCUT2D eigenvalue weighted by Gasteiger charge is 2.08. The van der Waals surface area contributed by atoms with Gasteiger partial charge >= 0.3 is 0 Å². The molecule has 0 atom stereocenters. The van der Waals surface area contributed by atoms with Crippen molar-refractivity contribution in [2.24, 2.45) is 0 Å². The molecule has 0 amide bonds. The molecule has 0 saturated heterocycles. The topological polar surface area (TPSA) is 74.5 Å². The number of methoxy groups -OCH3 is 2. The van der Waals surface area contributed by atoms with Crippen LogP contribution in [-0.2, 0) is 0 Å². The molecule has 0 radical (unpaired) electrons. The number of rotatable bonds is 4. The van der Waals surface area contributed by atoms with Crippen molar-refractivity contribution >= 4 is 6.08 Å². The summed E-state index contributed by atoms with van der Waals surface area (Å²) in [5.41, 5.74) is 0.444. The SMILES string of the molecule is COc1ccnc(OC)c1/C=C/[N+](=O)[O-]. The molecule has 0 bridgehead atoms. The molecule has 6 nitrogen and oxygen atoms in total. The fourth-order valence-corrected chi connectivity index (χ4v) is 1.07. The number of nitrogens with zero attached hydrogens (tertiary/aromatic N) is 2. The van der Waals surface area contributed by atoms with Gasteiger partial charge in [0.15, 0.2) is 0 Å². The molecule has 0 unspecified atom stereocenters. The van der Waals surface area contributed by atoms with E-state index in [1.807, 2.05) is 0 Å². The van der Waals surface area contributed by atoms with Gasteiger partial charge in [-0.1, -0.05) is 0 Å². The Bertz CT molecular complexity index is 367. The lowest BCUT2D eigenvalue weighted by Gasteiger charge is -2.07. The van der Waals surface area contributed by atoms with Gasteiger partial charge in [0, 0.05) is 12.3 Å². The Morgan fingerprint density at radius 3 is 2.73 bits per heavy atom. The molecule has 1 rings (SSSR count). The van der Waals surface area contributed by atoms with Crippen LogP contribution in [0, 0.1) is 10.1 Å². The summed E-state index contributed by atoms with van der Waals surface area (Å²) < 4.78 is 9.98. The van der Waals surface area contributed by atoms with Gasteiger partial charge in [-0.05, 0) is 6.07 Å². The van der Waals surface area contributed by atoms with Gasteiger partial charge in [0.2, 0.25) is 12.1 Å². The Balaban J connectivity index is 3.16. The summed E-state index contributed by atoms with van der Waals surface area (Å²) in [6.45, 7) is 0. The molecule has 80 valence electrons. The van der Waals surface area contributed by atoms with E-state index in [-0.39, 0.29) is 5.88 Å². The van der Waals surface area contributed by atoms with E-state index in [4.69, 9.17) is 9.47 Å². The third kappa shape index (κ3) is 2.67. The van der Waals surface area contributed by atoms with E-state index >= 15 is 0 Å². The first kappa shape index (κ1) is 11.0. The number of pyridine rings is 1. The second-order valence-electron chi connectivity index (χ2n) is 2.54. The number of ether oxygens (including phenoxy) is 2. The van der Waals surface area contributed by atoms with Crippen LogP contribution in [0.1, 0.15) is 5.56 Å². The summed E-state index contributed by atoms with van der Waals surface area (Å²) in [6.07, 6.45) is 3.59. The van der Waals surface area contributed by atoms with Crippen LogP contribution in [0.5, 0.6) is 11.6 Å². The lowest BCUT2D eigenvalue weighted by Crippen LogP contribution is -1.95. The summed E-state index contributed by atoms with van der Waals surface area (Å²) in [6, 6.07) is 1.60. The average molecular weight is 210 g/mol. The van der Waals surface area contributed by atoms with Crippen LogP contribution in [0.15, 0.2) is 18.5 Å². The van der Waals surface area contributed by atoms with Crippen LogP contribution in [0.2, 0.25) is 0 Å². The van der Waals surface area contributed by atoms with Crippen molar-refractivity contribution in [3.05, 3.63) is 34.1 Å². The lowest BCUT2D eigenvalue weighted by molar-refractivity contribution is -0.400. The van der Waals surface area contributed by atoms with Crippen molar-refractivity contribution < 1.29 is 14.4 Å². The van der Waals surface area contributed by atoms with E-state index in [0.717, 1.165) is 6.20 Å². The van der Waals surface area contributed by atoms with Crippen LogP contribution in [0.4, 0.5) is 0 Å². The van der Waals surface area contributed by atoms with Crippen LogP contribution in [0.25, 0.3) is 6.08 Å². The van der Waals surface area contributed by atoms with Gasteiger partial charge in [0.1, 0.15) is 5.75 Å². The number of nitro groups is 1. The van der Waals surface area contributed by atoms with E-state index in [0.29, 0.717) is 11.3 Å². The summed E-state index contributed by atoms with van der Waals surface area (Å²) in [5, 5.41) is 10.2. The maximum atomic E-state index is 10.2. The quantitative estimate of drug-likeness (QED) is 0.553. The van der Waals surface area contributed by atoms with E-state index in [9.17, 15) is 10.1 Å². The molecule has 0 N–H and O–H groups in total. The molecular formula is C9H10N2O4. The molecular weight excluding hydrogens is 200 g/mol. The summed E-state index contributed by atoms with van der Waals surface area (Å²) in [4.78, 5) is 13.5. The van der Waals surface area contributed by atoms with Crippen molar-refractivity contribution in [3.63, 3.8) is 0 Å². The highest BCUT2D eigenvalue weighted by Crippen LogP contribution is 2.26. The number of aromatic nitrogens is 1. The molecule has 0 saturated carbocycles. The van der Waals surface area contributed by atoms with E-state index < -0.39 is 4.92 Å². The molecule has 0 aliphatic rings. The second kappa shape index (κ2) is 4.94. The first-order valence-electron chi connectivity index (χ1n) is 4.07. The van der Waals surface area contributed by atoms with Crippen molar-refractivity contribution in [2.75, 3.05) is 14.2 Å². The van der Waals surface area contributed by atoms with E-state index in [1.54, 1.807) is 6.07 Å². The van der Waals surface area contributed by atoms with Crippen molar-refractivity contribution in [1.82, 2.24) is 4.98 Å². The third-order valence-corrected chi connectivity index (χ3v) is 1.69. The first-order chi connectivity index (χ1) is 7.19. The van der Waals surface area contributed by atoms with Gasteiger partial charge < -0.3 is 9.47 Å². The van der Waals surface area contributed by atoms with E-state index in [2.05, 4.69) is 4.98 Å². The zero-order valence-electron chi connectivity index (χ0n) is 8.34. The van der Waals surface area contributed by atoms with Crippen molar-refractivity contribution in [3.8, 4) is 11.6 Å². The molecule has 0 spiro atoms. The maximum Gasteiger partial charge on any atom is 0.235 e. The largest absolute Gasteiger partial charge is 0.496 e. The fourth-order valence-electron chi connectivity index (χ4n) is 1.07.